The number of rotatable bonds is 4. The lowest BCUT2D eigenvalue weighted by Gasteiger charge is -2.40. The Labute approximate surface area is 99.1 Å². The maximum atomic E-state index is 9.19. The summed E-state index contributed by atoms with van der Waals surface area (Å²) in [6.07, 6.45) is 4.51. The molecule has 92 valence electrons. The van der Waals surface area contributed by atoms with Crippen LogP contribution in [0, 0.1) is 23.2 Å². The fourth-order valence-corrected chi connectivity index (χ4v) is 2.66. The van der Waals surface area contributed by atoms with Crippen LogP contribution in [0.15, 0.2) is 0 Å². The second-order valence-electron chi connectivity index (χ2n) is 5.09. The smallest absolute Gasteiger partial charge is 0.0672 e. The van der Waals surface area contributed by atoms with Crippen molar-refractivity contribution >= 4 is 0 Å². The Hall–Kier alpha value is -0.590. The third kappa shape index (κ3) is 2.96. The molecule has 1 aliphatic carbocycles. The van der Waals surface area contributed by atoms with Crippen molar-refractivity contribution in [3.63, 3.8) is 0 Å². The first-order chi connectivity index (χ1) is 7.63. The number of aliphatic hydroxyl groups excluding tert-OH is 1. The molecular formula is C13H24N2O. The maximum absolute atomic E-state index is 9.19. The van der Waals surface area contributed by atoms with E-state index < -0.39 is 0 Å². The molecule has 0 aromatic heterocycles. The number of nitriles is 1. The first kappa shape index (κ1) is 13.5. The van der Waals surface area contributed by atoms with E-state index in [0.717, 1.165) is 18.8 Å². The van der Waals surface area contributed by atoms with Gasteiger partial charge in [-0.15, -0.1) is 0 Å². The number of nitrogens with zero attached hydrogens (tertiary/aromatic N) is 2. The van der Waals surface area contributed by atoms with E-state index in [-0.39, 0.29) is 18.6 Å². The first-order valence-electron chi connectivity index (χ1n) is 6.36. The Balaban J connectivity index is 2.68. The van der Waals surface area contributed by atoms with E-state index in [1.54, 1.807) is 0 Å². The lowest BCUT2D eigenvalue weighted by molar-refractivity contribution is 0.0642. The average molecular weight is 224 g/mol. The number of hydrogen-bond donors (Lipinski definition) is 1. The fourth-order valence-electron chi connectivity index (χ4n) is 2.66. The quantitative estimate of drug-likeness (QED) is 0.794. The normalized spacial score (nSPS) is 32.4. The van der Waals surface area contributed by atoms with Crippen molar-refractivity contribution in [3.05, 3.63) is 0 Å². The minimum absolute atomic E-state index is 0.141. The van der Waals surface area contributed by atoms with Crippen LogP contribution in [0.5, 0.6) is 0 Å². The predicted octanol–water partition coefficient (Wildman–Crippen LogP) is 2.02. The molecule has 0 aliphatic heterocycles. The molecule has 3 heteroatoms. The van der Waals surface area contributed by atoms with Crippen LogP contribution in [0.4, 0.5) is 0 Å². The van der Waals surface area contributed by atoms with Crippen LogP contribution in [0.1, 0.15) is 39.5 Å². The summed E-state index contributed by atoms with van der Waals surface area (Å²) in [5.41, 5.74) is 0. The van der Waals surface area contributed by atoms with Crippen LogP contribution in [0.3, 0.4) is 0 Å². The van der Waals surface area contributed by atoms with Crippen LogP contribution < -0.4 is 0 Å². The lowest BCUT2D eigenvalue weighted by Crippen LogP contribution is -2.47. The molecule has 0 spiro atoms. The molecule has 1 aliphatic rings. The third-order valence-electron chi connectivity index (χ3n) is 4.15. The minimum Gasteiger partial charge on any atom is -0.395 e. The Morgan fingerprint density at radius 1 is 1.50 bits per heavy atom. The van der Waals surface area contributed by atoms with E-state index in [1.807, 2.05) is 14.0 Å². The highest BCUT2D eigenvalue weighted by Crippen LogP contribution is 2.33. The van der Waals surface area contributed by atoms with Gasteiger partial charge >= 0.3 is 0 Å². The largest absolute Gasteiger partial charge is 0.395 e. The zero-order valence-corrected chi connectivity index (χ0v) is 10.7. The van der Waals surface area contributed by atoms with Gasteiger partial charge in [-0.2, -0.15) is 5.26 Å². The molecule has 4 atom stereocenters. The van der Waals surface area contributed by atoms with E-state index in [1.165, 1.54) is 12.8 Å². The molecule has 1 saturated carbocycles. The molecule has 4 unspecified atom stereocenters. The summed E-state index contributed by atoms with van der Waals surface area (Å²) in [5, 5.41) is 18.4. The second-order valence-corrected chi connectivity index (χ2v) is 5.09. The van der Waals surface area contributed by atoms with Crippen LogP contribution in [-0.4, -0.2) is 35.7 Å². The Kier molecular flexibility index (Phi) is 5.24. The van der Waals surface area contributed by atoms with Gasteiger partial charge in [-0.05, 0) is 39.2 Å². The summed E-state index contributed by atoms with van der Waals surface area (Å²) in [6.45, 7) is 4.41. The van der Waals surface area contributed by atoms with Gasteiger partial charge in [0, 0.05) is 12.1 Å². The highest BCUT2D eigenvalue weighted by molar-refractivity contribution is 4.97. The molecule has 1 rings (SSSR count). The monoisotopic (exact) mass is 224 g/mol. The molecule has 16 heavy (non-hydrogen) atoms. The molecule has 0 radical (unpaired) electrons. The molecule has 3 nitrogen and oxygen atoms in total. The van der Waals surface area contributed by atoms with Crippen LogP contribution in [-0.2, 0) is 0 Å². The van der Waals surface area contributed by atoms with Crippen molar-refractivity contribution in [2.24, 2.45) is 11.8 Å². The number of likely N-dealkylation sites (N-methyl/N-ethyl adjacent to an activating group) is 1. The van der Waals surface area contributed by atoms with Gasteiger partial charge in [-0.3, -0.25) is 4.90 Å². The number of hydrogen-bond acceptors (Lipinski definition) is 3. The van der Waals surface area contributed by atoms with Crippen molar-refractivity contribution in [1.29, 1.82) is 5.26 Å². The van der Waals surface area contributed by atoms with Crippen molar-refractivity contribution in [2.75, 3.05) is 13.7 Å². The van der Waals surface area contributed by atoms with Crippen LogP contribution >= 0.6 is 0 Å². The van der Waals surface area contributed by atoms with Gasteiger partial charge in [0.2, 0.25) is 0 Å². The van der Waals surface area contributed by atoms with Gasteiger partial charge in [-0.1, -0.05) is 13.3 Å². The molecule has 0 amide bonds. The molecular weight excluding hydrogens is 200 g/mol. The zero-order chi connectivity index (χ0) is 12.1. The van der Waals surface area contributed by atoms with E-state index in [4.69, 9.17) is 0 Å². The highest BCUT2D eigenvalue weighted by Gasteiger charge is 2.33. The molecule has 0 saturated heterocycles. The Morgan fingerprint density at radius 3 is 2.69 bits per heavy atom. The van der Waals surface area contributed by atoms with Crippen molar-refractivity contribution in [1.82, 2.24) is 4.90 Å². The molecule has 1 fully saturated rings. The summed E-state index contributed by atoms with van der Waals surface area (Å²) in [6, 6.07) is 2.91. The van der Waals surface area contributed by atoms with Gasteiger partial charge < -0.3 is 5.11 Å². The summed E-state index contributed by atoms with van der Waals surface area (Å²) in [5.74, 6) is 0.893. The van der Waals surface area contributed by atoms with Crippen LogP contribution in [0.2, 0.25) is 0 Å². The molecule has 0 aromatic rings. The summed E-state index contributed by atoms with van der Waals surface area (Å²) in [4.78, 5) is 2.19. The van der Waals surface area contributed by atoms with Gasteiger partial charge in [0.25, 0.3) is 0 Å². The summed E-state index contributed by atoms with van der Waals surface area (Å²) >= 11 is 0. The van der Waals surface area contributed by atoms with Crippen molar-refractivity contribution in [2.45, 2.75) is 51.6 Å². The van der Waals surface area contributed by atoms with E-state index in [2.05, 4.69) is 17.9 Å². The molecule has 0 bridgehead atoms. The van der Waals surface area contributed by atoms with Crippen molar-refractivity contribution < 1.29 is 5.11 Å². The zero-order valence-electron chi connectivity index (χ0n) is 10.7. The second kappa shape index (κ2) is 6.22. The topological polar surface area (TPSA) is 47.3 Å². The lowest BCUT2D eigenvalue weighted by atomic mass is 9.77. The van der Waals surface area contributed by atoms with Gasteiger partial charge in [0.1, 0.15) is 0 Å². The maximum Gasteiger partial charge on any atom is 0.0672 e. The van der Waals surface area contributed by atoms with E-state index in [0.29, 0.717) is 6.04 Å². The van der Waals surface area contributed by atoms with Crippen LogP contribution in [0.25, 0.3) is 0 Å². The van der Waals surface area contributed by atoms with Crippen molar-refractivity contribution in [3.8, 4) is 6.07 Å². The number of aliphatic hydroxyl groups is 1. The highest BCUT2D eigenvalue weighted by atomic mass is 16.3. The minimum atomic E-state index is 0.141. The molecule has 0 heterocycles. The molecule has 1 N–H and O–H groups in total. The third-order valence-corrected chi connectivity index (χ3v) is 4.15. The first-order valence-corrected chi connectivity index (χ1v) is 6.36. The van der Waals surface area contributed by atoms with E-state index in [9.17, 15) is 10.4 Å². The standard InChI is InChI=1S/C13H24N2O/c1-4-11-5-6-12(8-14)13(7-11)15(3)10(2)9-16/h10-13,16H,4-7,9H2,1-3H3. The van der Waals surface area contributed by atoms with Gasteiger partial charge in [0.05, 0.1) is 18.6 Å². The Bertz CT molecular complexity index is 247. The predicted molar refractivity (Wildman–Crippen MR) is 64.8 cm³/mol. The van der Waals surface area contributed by atoms with Gasteiger partial charge in [-0.25, -0.2) is 0 Å². The summed E-state index contributed by atoms with van der Waals surface area (Å²) in [7, 11) is 2.04. The summed E-state index contributed by atoms with van der Waals surface area (Å²) < 4.78 is 0. The fraction of sp³-hybridized carbons (Fsp3) is 0.923. The molecule has 0 aromatic carbocycles. The average Bonchev–Trinajstić information content (AvgIpc) is 2.35. The van der Waals surface area contributed by atoms with Gasteiger partial charge in [0.15, 0.2) is 0 Å². The van der Waals surface area contributed by atoms with E-state index >= 15 is 0 Å². The SMILES string of the molecule is CCC1CCC(C#N)C(N(C)C(C)CO)C1. The Morgan fingerprint density at radius 2 is 2.19 bits per heavy atom.